The molecule has 1 fully saturated rings. The predicted molar refractivity (Wildman–Crippen MR) is 123 cm³/mol. The summed E-state index contributed by atoms with van der Waals surface area (Å²) in [6, 6.07) is 11.3. The molecular weight excluding hydrogens is 418 g/mol. The number of carboxylic acids is 1. The van der Waals surface area contributed by atoms with Gasteiger partial charge in [-0.15, -0.1) is 23.1 Å². The largest absolute Gasteiger partial charge is 0.477 e. The van der Waals surface area contributed by atoms with Crippen LogP contribution < -0.4 is 4.90 Å². The highest BCUT2D eigenvalue weighted by molar-refractivity contribution is 8.01. The van der Waals surface area contributed by atoms with Gasteiger partial charge in [-0.2, -0.15) is 0 Å². The van der Waals surface area contributed by atoms with Crippen molar-refractivity contribution >= 4 is 40.7 Å². The Hall–Kier alpha value is -1.83. The van der Waals surface area contributed by atoms with E-state index in [2.05, 4.69) is 6.92 Å². The number of aryl methyl sites for hydroxylation is 1. The normalized spacial score (nSPS) is 17.5. The Labute approximate surface area is 186 Å². The van der Waals surface area contributed by atoms with Crippen LogP contribution in [0, 0.1) is 0 Å². The van der Waals surface area contributed by atoms with Crippen LogP contribution in [0.25, 0.3) is 0 Å². The number of anilines is 1. The third kappa shape index (κ3) is 5.86. The standard InChI is InChI=1S/C23H29NO4S2/c1-2-3-4-7-19(25)16-9-11-17(12-10-16)24-21(26)15-29-22(24)8-5-6-18-13-14-20(30-18)23(27)28/h9-14,19,22,25H,2-8,15H2,1H3,(H,27,28)/t19-,22-/m0/s1. The number of hydrogen-bond acceptors (Lipinski definition) is 5. The van der Waals surface area contributed by atoms with Gasteiger partial charge in [0.05, 0.1) is 17.2 Å². The number of carbonyl (C=O) groups excluding carboxylic acids is 1. The molecule has 0 radical (unpaired) electrons. The zero-order valence-corrected chi connectivity index (χ0v) is 18.9. The van der Waals surface area contributed by atoms with Crippen molar-refractivity contribution < 1.29 is 19.8 Å². The van der Waals surface area contributed by atoms with E-state index in [-0.39, 0.29) is 11.3 Å². The first kappa shape index (κ1) is 22.8. The van der Waals surface area contributed by atoms with Crippen LogP contribution in [0.2, 0.25) is 0 Å². The minimum absolute atomic E-state index is 0.0942. The van der Waals surface area contributed by atoms with Crippen molar-refractivity contribution in [2.45, 2.75) is 63.3 Å². The molecule has 162 valence electrons. The zero-order chi connectivity index (χ0) is 21.5. The highest BCUT2D eigenvalue weighted by Gasteiger charge is 2.32. The van der Waals surface area contributed by atoms with E-state index in [1.807, 2.05) is 35.2 Å². The molecule has 2 heterocycles. The highest BCUT2D eigenvalue weighted by atomic mass is 32.2. The number of thioether (sulfide) groups is 1. The number of hydrogen-bond donors (Lipinski definition) is 2. The summed E-state index contributed by atoms with van der Waals surface area (Å²) < 4.78 is 0. The fraction of sp³-hybridized carbons (Fsp3) is 0.478. The molecule has 1 saturated heterocycles. The van der Waals surface area contributed by atoms with E-state index in [0.717, 1.165) is 61.1 Å². The quantitative estimate of drug-likeness (QED) is 0.446. The molecule has 5 nitrogen and oxygen atoms in total. The number of thiophene rings is 1. The summed E-state index contributed by atoms with van der Waals surface area (Å²) in [7, 11) is 0. The van der Waals surface area contributed by atoms with Crippen LogP contribution in [0.15, 0.2) is 36.4 Å². The van der Waals surface area contributed by atoms with E-state index in [0.29, 0.717) is 10.6 Å². The molecule has 1 amide bonds. The molecule has 3 rings (SSSR count). The second-order valence-corrected chi connectivity index (χ2v) is 9.93. The molecule has 1 aromatic heterocycles. The number of carboxylic acid groups (broad SMARTS) is 1. The van der Waals surface area contributed by atoms with Gasteiger partial charge in [0.2, 0.25) is 5.91 Å². The molecule has 2 atom stereocenters. The SMILES string of the molecule is CCCCC[C@H](O)c1ccc(N2C(=O)CS[C@H]2CCCc2ccc(C(=O)O)s2)cc1. The van der Waals surface area contributed by atoms with E-state index in [9.17, 15) is 14.7 Å². The van der Waals surface area contributed by atoms with Crippen molar-refractivity contribution in [1.29, 1.82) is 0 Å². The van der Waals surface area contributed by atoms with Crippen LogP contribution in [-0.4, -0.2) is 33.2 Å². The van der Waals surface area contributed by atoms with E-state index >= 15 is 0 Å². The minimum atomic E-state index is -0.881. The Morgan fingerprint density at radius 1 is 1.17 bits per heavy atom. The number of amides is 1. The van der Waals surface area contributed by atoms with Gasteiger partial charge < -0.3 is 10.2 Å². The van der Waals surface area contributed by atoms with Crippen molar-refractivity contribution in [1.82, 2.24) is 0 Å². The molecular formula is C23H29NO4S2. The summed E-state index contributed by atoms with van der Waals surface area (Å²) in [5.41, 5.74) is 1.78. The number of rotatable bonds is 11. The summed E-state index contributed by atoms with van der Waals surface area (Å²) in [6.07, 6.45) is 6.16. The number of aromatic carboxylic acids is 1. The van der Waals surface area contributed by atoms with Gasteiger partial charge in [0.25, 0.3) is 0 Å². The smallest absolute Gasteiger partial charge is 0.345 e. The lowest BCUT2D eigenvalue weighted by atomic mass is 10.0. The van der Waals surface area contributed by atoms with Gasteiger partial charge >= 0.3 is 5.97 Å². The molecule has 0 aliphatic carbocycles. The number of aliphatic hydroxyl groups is 1. The third-order valence-electron chi connectivity index (χ3n) is 5.34. The average molecular weight is 448 g/mol. The maximum absolute atomic E-state index is 12.5. The van der Waals surface area contributed by atoms with Crippen molar-refractivity contribution in [3.63, 3.8) is 0 Å². The molecule has 30 heavy (non-hydrogen) atoms. The molecule has 0 saturated carbocycles. The molecule has 2 aromatic rings. The van der Waals surface area contributed by atoms with Crippen molar-refractivity contribution in [2.24, 2.45) is 0 Å². The average Bonchev–Trinajstić information content (AvgIpc) is 3.35. The Bertz CT molecular complexity index is 849. The summed E-state index contributed by atoms with van der Waals surface area (Å²) in [6.45, 7) is 2.15. The molecule has 0 spiro atoms. The second-order valence-electron chi connectivity index (χ2n) is 7.60. The maximum Gasteiger partial charge on any atom is 0.345 e. The number of benzene rings is 1. The molecule has 7 heteroatoms. The summed E-state index contributed by atoms with van der Waals surface area (Å²) >= 11 is 2.98. The van der Waals surface area contributed by atoms with Gasteiger partial charge in [0.1, 0.15) is 4.88 Å². The zero-order valence-electron chi connectivity index (χ0n) is 17.3. The molecule has 0 unspecified atom stereocenters. The van der Waals surface area contributed by atoms with Gasteiger partial charge in [-0.05, 0) is 55.5 Å². The van der Waals surface area contributed by atoms with Gasteiger partial charge in [-0.3, -0.25) is 9.69 Å². The van der Waals surface area contributed by atoms with Gasteiger partial charge in [0, 0.05) is 10.6 Å². The lowest BCUT2D eigenvalue weighted by Crippen LogP contribution is -2.32. The predicted octanol–water partition coefficient (Wildman–Crippen LogP) is 5.49. The molecule has 2 N–H and O–H groups in total. The fourth-order valence-corrected chi connectivity index (χ4v) is 5.77. The van der Waals surface area contributed by atoms with Crippen LogP contribution in [0.4, 0.5) is 5.69 Å². The Morgan fingerprint density at radius 2 is 1.93 bits per heavy atom. The van der Waals surface area contributed by atoms with Gasteiger partial charge in [0.15, 0.2) is 0 Å². The Morgan fingerprint density at radius 3 is 2.60 bits per heavy atom. The van der Waals surface area contributed by atoms with Gasteiger partial charge in [-0.25, -0.2) is 4.79 Å². The monoisotopic (exact) mass is 447 g/mol. The van der Waals surface area contributed by atoms with Crippen LogP contribution in [0.5, 0.6) is 0 Å². The highest BCUT2D eigenvalue weighted by Crippen LogP contribution is 2.34. The molecule has 1 aliphatic heterocycles. The van der Waals surface area contributed by atoms with Gasteiger partial charge in [-0.1, -0.05) is 38.3 Å². The first-order valence-corrected chi connectivity index (χ1v) is 12.4. The number of nitrogens with zero attached hydrogens (tertiary/aromatic N) is 1. The first-order chi connectivity index (χ1) is 14.5. The lowest BCUT2D eigenvalue weighted by Gasteiger charge is -2.24. The summed E-state index contributed by atoms with van der Waals surface area (Å²) in [4.78, 5) is 26.8. The van der Waals surface area contributed by atoms with Crippen LogP contribution in [0.3, 0.4) is 0 Å². The van der Waals surface area contributed by atoms with Crippen molar-refractivity contribution in [3.8, 4) is 0 Å². The fourth-order valence-electron chi connectivity index (χ4n) is 3.68. The van der Waals surface area contributed by atoms with E-state index in [1.165, 1.54) is 11.3 Å². The van der Waals surface area contributed by atoms with E-state index in [4.69, 9.17) is 5.11 Å². The lowest BCUT2D eigenvalue weighted by molar-refractivity contribution is -0.115. The van der Waals surface area contributed by atoms with Crippen molar-refractivity contribution in [3.05, 3.63) is 51.7 Å². The number of aliphatic hydroxyl groups excluding tert-OH is 1. The minimum Gasteiger partial charge on any atom is -0.477 e. The summed E-state index contributed by atoms with van der Waals surface area (Å²) in [5.74, 6) is -0.285. The van der Waals surface area contributed by atoms with Crippen molar-refractivity contribution in [2.75, 3.05) is 10.7 Å². The van der Waals surface area contributed by atoms with Crippen LogP contribution in [0.1, 0.15) is 71.7 Å². The first-order valence-electron chi connectivity index (χ1n) is 10.5. The van der Waals surface area contributed by atoms with Crippen LogP contribution in [-0.2, 0) is 11.2 Å². The molecule has 1 aromatic carbocycles. The molecule has 1 aliphatic rings. The second kappa shape index (κ2) is 11.0. The van der Waals surface area contributed by atoms with E-state index in [1.54, 1.807) is 17.8 Å². The summed E-state index contributed by atoms with van der Waals surface area (Å²) in [5, 5.41) is 19.5. The third-order valence-corrected chi connectivity index (χ3v) is 7.72. The van der Waals surface area contributed by atoms with Crippen LogP contribution >= 0.6 is 23.1 Å². The number of carbonyl (C=O) groups is 2. The molecule has 0 bridgehead atoms. The topological polar surface area (TPSA) is 77.8 Å². The maximum atomic E-state index is 12.5. The Kier molecular flexibility index (Phi) is 8.36. The number of unbranched alkanes of at least 4 members (excludes halogenated alkanes) is 2. The van der Waals surface area contributed by atoms with E-state index < -0.39 is 12.1 Å². The Balaban J connectivity index is 1.56.